The highest BCUT2D eigenvalue weighted by molar-refractivity contribution is 7.80. The molecule has 66 valence electrons. The number of ether oxygens (including phenoxy) is 1. The van der Waals surface area contributed by atoms with Crippen LogP contribution in [-0.4, -0.2) is 11.7 Å². The van der Waals surface area contributed by atoms with Gasteiger partial charge in [-0.2, -0.15) is 0 Å². The van der Waals surface area contributed by atoms with Crippen LogP contribution in [0.15, 0.2) is 30.3 Å². The van der Waals surface area contributed by atoms with Gasteiger partial charge in [0, 0.05) is 5.92 Å². The van der Waals surface area contributed by atoms with Crippen molar-refractivity contribution < 1.29 is 4.74 Å². The summed E-state index contributed by atoms with van der Waals surface area (Å²) < 4.78 is 5.40. The number of fused-ring (bicyclic) bond motifs is 1. The maximum absolute atomic E-state index is 5.40. The summed E-state index contributed by atoms with van der Waals surface area (Å²) in [6, 6.07) is 10.5. The molecule has 1 aromatic rings. The molecule has 2 aliphatic rings. The van der Waals surface area contributed by atoms with E-state index >= 15 is 0 Å². The van der Waals surface area contributed by atoms with Crippen molar-refractivity contribution in [2.45, 2.75) is 11.8 Å². The minimum atomic E-state index is 0.122. The standard InChI is InChI=1S/C11H10OS/c13-10-11(6-9(11)7-12-10)8-4-2-1-3-5-8/h1-5,9H,6-7H2/t9-,11+/m1/s1. The Hall–Kier alpha value is -0.890. The number of hydrogen-bond donors (Lipinski definition) is 0. The van der Waals surface area contributed by atoms with Crippen molar-refractivity contribution in [3.63, 3.8) is 0 Å². The second-order valence-electron chi connectivity index (χ2n) is 3.84. The van der Waals surface area contributed by atoms with Gasteiger partial charge in [-0.25, -0.2) is 0 Å². The average Bonchev–Trinajstić information content (AvgIpc) is 2.84. The molecule has 1 aromatic carbocycles. The average molecular weight is 190 g/mol. The minimum Gasteiger partial charge on any atom is -0.486 e. The van der Waals surface area contributed by atoms with E-state index in [0.717, 1.165) is 11.7 Å². The Bertz CT molecular complexity index is 360. The van der Waals surface area contributed by atoms with Crippen LogP contribution in [0, 0.1) is 5.92 Å². The highest BCUT2D eigenvalue weighted by Crippen LogP contribution is 2.59. The molecule has 0 spiro atoms. The zero-order valence-corrected chi connectivity index (χ0v) is 8.01. The molecular weight excluding hydrogens is 180 g/mol. The predicted molar refractivity (Wildman–Crippen MR) is 54.8 cm³/mol. The van der Waals surface area contributed by atoms with Gasteiger partial charge in [0.1, 0.15) is 0 Å². The third-order valence-electron chi connectivity index (χ3n) is 3.17. The van der Waals surface area contributed by atoms with Crippen molar-refractivity contribution in [2.75, 3.05) is 6.61 Å². The summed E-state index contributed by atoms with van der Waals surface area (Å²) in [5, 5.41) is 0.809. The molecule has 2 fully saturated rings. The summed E-state index contributed by atoms with van der Waals surface area (Å²) in [7, 11) is 0. The monoisotopic (exact) mass is 190 g/mol. The van der Waals surface area contributed by atoms with Gasteiger partial charge in [0.05, 0.1) is 12.0 Å². The number of thiocarbonyl (C=S) groups is 1. The summed E-state index contributed by atoms with van der Waals surface area (Å²) >= 11 is 5.26. The molecule has 2 heteroatoms. The van der Waals surface area contributed by atoms with Crippen LogP contribution in [0.5, 0.6) is 0 Å². The Kier molecular flexibility index (Phi) is 1.34. The quantitative estimate of drug-likeness (QED) is 0.628. The van der Waals surface area contributed by atoms with E-state index in [1.165, 1.54) is 12.0 Å². The van der Waals surface area contributed by atoms with Gasteiger partial charge in [0.25, 0.3) is 0 Å². The molecule has 0 unspecified atom stereocenters. The lowest BCUT2D eigenvalue weighted by Crippen LogP contribution is -2.16. The fourth-order valence-electron chi connectivity index (χ4n) is 2.29. The van der Waals surface area contributed by atoms with Crippen molar-refractivity contribution in [3.8, 4) is 0 Å². The maximum Gasteiger partial charge on any atom is 0.170 e. The topological polar surface area (TPSA) is 9.23 Å². The first-order valence-corrected chi connectivity index (χ1v) is 4.97. The third-order valence-corrected chi connectivity index (χ3v) is 3.66. The van der Waals surface area contributed by atoms with Crippen molar-refractivity contribution in [3.05, 3.63) is 35.9 Å². The number of rotatable bonds is 1. The zero-order valence-electron chi connectivity index (χ0n) is 7.19. The fourth-order valence-corrected chi connectivity index (χ4v) is 2.73. The highest BCUT2D eigenvalue weighted by atomic mass is 32.1. The molecule has 3 rings (SSSR count). The third kappa shape index (κ3) is 0.841. The summed E-state index contributed by atoms with van der Waals surface area (Å²) in [6.07, 6.45) is 1.19. The first-order valence-electron chi connectivity index (χ1n) is 4.57. The number of benzene rings is 1. The van der Waals surface area contributed by atoms with E-state index in [1.807, 2.05) is 6.07 Å². The molecule has 0 bridgehead atoms. The van der Waals surface area contributed by atoms with Crippen LogP contribution in [0.3, 0.4) is 0 Å². The molecular formula is C11H10OS. The smallest absolute Gasteiger partial charge is 0.170 e. The van der Waals surface area contributed by atoms with E-state index in [4.69, 9.17) is 17.0 Å². The largest absolute Gasteiger partial charge is 0.486 e. The van der Waals surface area contributed by atoms with E-state index < -0.39 is 0 Å². The molecule has 0 amide bonds. The first kappa shape index (κ1) is 7.51. The summed E-state index contributed by atoms with van der Waals surface area (Å²) in [6.45, 7) is 0.827. The zero-order chi connectivity index (χ0) is 8.89. The Labute approximate surface area is 82.7 Å². The minimum absolute atomic E-state index is 0.122. The fraction of sp³-hybridized carbons (Fsp3) is 0.364. The van der Waals surface area contributed by atoms with Crippen LogP contribution >= 0.6 is 12.2 Å². The van der Waals surface area contributed by atoms with E-state index in [9.17, 15) is 0 Å². The van der Waals surface area contributed by atoms with Gasteiger partial charge in [0.2, 0.25) is 0 Å². The molecule has 1 heterocycles. The highest BCUT2D eigenvalue weighted by Gasteiger charge is 2.63. The van der Waals surface area contributed by atoms with Crippen LogP contribution < -0.4 is 0 Å². The summed E-state index contributed by atoms with van der Waals surface area (Å²) in [5.41, 5.74) is 1.46. The Morgan fingerprint density at radius 3 is 2.62 bits per heavy atom. The second-order valence-corrected chi connectivity index (χ2v) is 4.21. The molecule has 0 radical (unpaired) electrons. The van der Waals surface area contributed by atoms with E-state index in [-0.39, 0.29) is 5.41 Å². The number of hydrogen-bond acceptors (Lipinski definition) is 2. The van der Waals surface area contributed by atoms with Gasteiger partial charge in [-0.1, -0.05) is 30.3 Å². The van der Waals surface area contributed by atoms with Gasteiger partial charge >= 0.3 is 0 Å². The molecule has 1 aliphatic carbocycles. The Morgan fingerprint density at radius 1 is 1.31 bits per heavy atom. The van der Waals surface area contributed by atoms with Crippen molar-refractivity contribution >= 4 is 17.3 Å². The summed E-state index contributed by atoms with van der Waals surface area (Å²) in [5.74, 6) is 0.655. The Balaban J connectivity index is 2.07. The lowest BCUT2D eigenvalue weighted by atomic mass is 9.95. The second kappa shape index (κ2) is 2.32. The van der Waals surface area contributed by atoms with Gasteiger partial charge in [-0.3, -0.25) is 0 Å². The van der Waals surface area contributed by atoms with Crippen LogP contribution in [0.4, 0.5) is 0 Å². The van der Waals surface area contributed by atoms with Gasteiger partial charge < -0.3 is 4.74 Å². The van der Waals surface area contributed by atoms with E-state index in [1.54, 1.807) is 0 Å². The predicted octanol–water partition coefficient (Wildman–Crippen LogP) is 2.30. The molecule has 1 saturated heterocycles. The van der Waals surface area contributed by atoms with Crippen LogP contribution in [-0.2, 0) is 10.2 Å². The molecule has 1 aliphatic heterocycles. The molecule has 2 atom stereocenters. The van der Waals surface area contributed by atoms with Gasteiger partial charge in [-0.15, -0.1) is 0 Å². The first-order chi connectivity index (χ1) is 6.34. The maximum atomic E-state index is 5.40. The van der Waals surface area contributed by atoms with Crippen LogP contribution in [0.1, 0.15) is 12.0 Å². The normalized spacial score (nSPS) is 35.4. The van der Waals surface area contributed by atoms with Crippen molar-refractivity contribution in [1.29, 1.82) is 0 Å². The van der Waals surface area contributed by atoms with Crippen molar-refractivity contribution in [2.24, 2.45) is 5.92 Å². The van der Waals surface area contributed by atoms with E-state index in [0.29, 0.717) is 5.92 Å². The van der Waals surface area contributed by atoms with Crippen molar-refractivity contribution in [1.82, 2.24) is 0 Å². The van der Waals surface area contributed by atoms with Crippen LogP contribution in [0.25, 0.3) is 0 Å². The van der Waals surface area contributed by atoms with Crippen LogP contribution in [0.2, 0.25) is 0 Å². The van der Waals surface area contributed by atoms with Gasteiger partial charge in [0.15, 0.2) is 5.05 Å². The molecule has 0 aromatic heterocycles. The Morgan fingerprint density at radius 2 is 2.08 bits per heavy atom. The SMILES string of the molecule is S=C1OC[C@H]2C[C@@]12c1ccccc1. The lowest BCUT2D eigenvalue weighted by molar-refractivity contribution is 0.321. The molecule has 0 N–H and O–H groups in total. The van der Waals surface area contributed by atoms with Gasteiger partial charge in [-0.05, 0) is 24.2 Å². The summed E-state index contributed by atoms with van der Waals surface area (Å²) in [4.78, 5) is 0. The molecule has 13 heavy (non-hydrogen) atoms. The molecule has 1 nitrogen and oxygen atoms in total. The molecule has 1 saturated carbocycles. The van der Waals surface area contributed by atoms with E-state index in [2.05, 4.69) is 24.3 Å². The lowest BCUT2D eigenvalue weighted by Gasteiger charge is -2.11.